The van der Waals surface area contributed by atoms with Crippen LogP contribution in [0, 0.1) is 5.92 Å². The third kappa shape index (κ3) is 4.26. The molecule has 2 nitrogen and oxygen atoms in total. The van der Waals surface area contributed by atoms with Crippen molar-refractivity contribution in [1.82, 2.24) is 0 Å². The van der Waals surface area contributed by atoms with Crippen molar-refractivity contribution in [2.75, 3.05) is 6.61 Å². The highest BCUT2D eigenvalue weighted by Crippen LogP contribution is 2.16. The maximum Gasteiger partial charge on any atom is 0.330 e. The number of allylic oxidation sites excluding steroid dienone is 3. The second kappa shape index (κ2) is 6.41. The fourth-order valence-corrected chi connectivity index (χ4v) is 1.51. The Kier molecular flexibility index (Phi) is 5.05. The maximum atomic E-state index is 10.9. The van der Waals surface area contributed by atoms with Gasteiger partial charge in [0.05, 0.1) is 6.61 Å². The van der Waals surface area contributed by atoms with Gasteiger partial charge in [0.2, 0.25) is 0 Å². The van der Waals surface area contributed by atoms with Gasteiger partial charge in [0, 0.05) is 6.08 Å². The molecular weight excluding hydrogens is 176 g/mol. The van der Waals surface area contributed by atoms with E-state index in [9.17, 15) is 4.79 Å². The van der Waals surface area contributed by atoms with Gasteiger partial charge in [-0.25, -0.2) is 4.79 Å². The Labute approximate surface area is 85.6 Å². The summed E-state index contributed by atoms with van der Waals surface area (Å²) in [6, 6.07) is 0. The minimum atomic E-state index is -0.198. The summed E-state index contributed by atoms with van der Waals surface area (Å²) in [6.07, 6.45) is 12.2. The summed E-state index contributed by atoms with van der Waals surface area (Å²) >= 11 is 0. The molecule has 0 N–H and O–H groups in total. The zero-order valence-electron chi connectivity index (χ0n) is 8.74. The Hall–Kier alpha value is -1.05. The predicted molar refractivity (Wildman–Crippen MR) is 56.9 cm³/mol. The fraction of sp³-hybridized carbons (Fsp3) is 0.583. The van der Waals surface area contributed by atoms with Crippen LogP contribution in [0.3, 0.4) is 0 Å². The SMILES string of the molecule is CC/C=C/CCC1C=CC(=O)OCC1. The molecule has 0 saturated carbocycles. The van der Waals surface area contributed by atoms with E-state index in [1.807, 2.05) is 6.08 Å². The molecule has 0 fully saturated rings. The smallest absolute Gasteiger partial charge is 0.330 e. The van der Waals surface area contributed by atoms with E-state index in [2.05, 4.69) is 19.1 Å². The predicted octanol–water partition coefficient (Wildman–Crippen LogP) is 2.85. The molecule has 0 aromatic rings. The zero-order chi connectivity index (χ0) is 10.2. The van der Waals surface area contributed by atoms with Gasteiger partial charge in [0.25, 0.3) is 0 Å². The van der Waals surface area contributed by atoms with E-state index in [1.54, 1.807) is 6.08 Å². The standard InChI is InChI=1S/C12H18O2/c1-2-3-4-5-6-11-7-8-12(13)14-10-9-11/h3-4,7-8,11H,2,5-6,9-10H2,1H3/b4-3+. The maximum absolute atomic E-state index is 10.9. The number of cyclic esters (lactones) is 1. The van der Waals surface area contributed by atoms with Crippen LogP contribution in [0.5, 0.6) is 0 Å². The Morgan fingerprint density at radius 3 is 3.21 bits per heavy atom. The summed E-state index contributed by atoms with van der Waals surface area (Å²) < 4.78 is 4.92. The van der Waals surface area contributed by atoms with Gasteiger partial charge in [-0.05, 0) is 31.6 Å². The number of ether oxygens (including phenoxy) is 1. The first kappa shape index (κ1) is 11.0. The second-order valence-electron chi connectivity index (χ2n) is 3.53. The van der Waals surface area contributed by atoms with Gasteiger partial charge < -0.3 is 4.74 Å². The lowest BCUT2D eigenvalue weighted by Crippen LogP contribution is -2.01. The lowest BCUT2D eigenvalue weighted by molar-refractivity contribution is -0.137. The van der Waals surface area contributed by atoms with Crippen molar-refractivity contribution in [2.45, 2.75) is 32.6 Å². The van der Waals surface area contributed by atoms with Gasteiger partial charge in [0.1, 0.15) is 0 Å². The first-order valence-electron chi connectivity index (χ1n) is 5.33. The van der Waals surface area contributed by atoms with Crippen molar-refractivity contribution in [3.05, 3.63) is 24.3 Å². The first-order chi connectivity index (χ1) is 6.83. The Morgan fingerprint density at radius 2 is 2.43 bits per heavy atom. The average molecular weight is 194 g/mol. The summed E-state index contributed by atoms with van der Waals surface area (Å²) in [5, 5.41) is 0. The van der Waals surface area contributed by atoms with E-state index >= 15 is 0 Å². The normalized spacial score (nSPS) is 22.4. The molecule has 0 aromatic carbocycles. The molecule has 0 bridgehead atoms. The van der Waals surface area contributed by atoms with Gasteiger partial charge in [-0.1, -0.05) is 25.2 Å². The lowest BCUT2D eigenvalue weighted by Gasteiger charge is -2.07. The largest absolute Gasteiger partial charge is 0.463 e. The molecule has 0 radical (unpaired) electrons. The van der Waals surface area contributed by atoms with Crippen LogP contribution in [0.4, 0.5) is 0 Å². The highest BCUT2D eigenvalue weighted by molar-refractivity contribution is 5.82. The van der Waals surface area contributed by atoms with Crippen molar-refractivity contribution in [3.8, 4) is 0 Å². The average Bonchev–Trinajstić information content (AvgIpc) is 2.38. The third-order valence-electron chi connectivity index (χ3n) is 2.34. The molecule has 1 atom stereocenters. The molecule has 0 spiro atoms. The van der Waals surface area contributed by atoms with Crippen molar-refractivity contribution in [2.24, 2.45) is 5.92 Å². The van der Waals surface area contributed by atoms with Crippen molar-refractivity contribution >= 4 is 5.97 Å². The van der Waals surface area contributed by atoms with Crippen molar-refractivity contribution in [3.63, 3.8) is 0 Å². The number of hydrogen-bond donors (Lipinski definition) is 0. The van der Waals surface area contributed by atoms with Crippen LogP contribution in [0.15, 0.2) is 24.3 Å². The van der Waals surface area contributed by atoms with E-state index in [1.165, 1.54) is 0 Å². The number of esters is 1. The second-order valence-corrected chi connectivity index (χ2v) is 3.53. The van der Waals surface area contributed by atoms with Crippen LogP contribution in [-0.2, 0) is 9.53 Å². The molecular formula is C12H18O2. The zero-order valence-corrected chi connectivity index (χ0v) is 8.74. The van der Waals surface area contributed by atoms with Crippen LogP contribution in [0.1, 0.15) is 32.6 Å². The van der Waals surface area contributed by atoms with Crippen LogP contribution in [0.25, 0.3) is 0 Å². The first-order valence-corrected chi connectivity index (χ1v) is 5.33. The summed E-state index contributed by atoms with van der Waals surface area (Å²) in [7, 11) is 0. The third-order valence-corrected chi connectivity index (χ3v) is 2.34. The molecule has 1 rings (SSSR count). The van der Waals surface area contributed by atoms with Gasteiger partial charge in [0.15, 0.2) is 0 Å². The lowest BCUT2D eigenvalue weighted by atomic mass is 9.99. The fourth-order valence-electron chi connectivity index (χ4n) is 1.51. The highest BCUT2D eigenvalue weighted by Gasteiger charge is 2.10. The molecule has 1 aliphatic heterocycles. The number of hydrogen-bond acceptors (Lipinski definition) is 2. The van der Waals surface area contributed by atoms with Gasteiger partial charge in [-0.3, -0.25) is 0 Å². The van der Waals surface area contributed by atoms with E-state index < -0.39 is 0 Å². The van der Waals surface area contributed by atoms with Crippen LogP contribution in [-0.4, -0.2) is 12.6 Å². The Balaban J connectivity index is 2.26. The summed E-state index contributed by atoms with van der Waals surface area (Å²) in [6.45, 7) is 2.70. The van der Waals surface area contributed by atoms with E-state index in [-0.39, 0.29) is 5.97 Å². The van der Waals surface area contributed by atoms with Crippen LogP contribution in [0.2, 0.25) is 0 Å². The summed E-state index contributed by atoms with van der Waals surface area (Å²) in [4.78, 5) is 10.9. The topological polar surface area (TPSA) is 26.3 Å². The molecule has 78 valence electrons. The molecule has 1 heterocycles. The number of carbonyl (C=O) groups excluding carboxylic acids is 1. The highest BCUT2D eigenvalue weighted by atomic mass is 16.5. The molecule has 0 amide bonds. The van der Waals surface area contributed by atoms with E-state index in [0.717, 1.165) is 25.7 Å². The minimum absolute atomic E-state index is 0.198. The van der Waals surface area contributed by atoms with E-state index in [0.29, 0.717) is 12.5 Å². The molecule has 0 saturated heterocycles. The Morgan fingerprint density at radius 1 is 1.57 bits per heavy atom. The van der Waals surface area contributed by atoms with Gasteiger partial charge in [-0.2, -0.15) is 0 Å². The van der Waals surface area contributed by atoms with Crippen molar-refractivity contribution < 1.29 is 9.53 Å². The van der Waals surface area contributed by atoms with Crippen LogP contribution < -0.4 is 0 Å². The minimum Gasteiger partial charge on any atom is -0.463 e. The molecule has 1 unspecified atom stereocenters. The van der Waals surface area contributed by atoms with Crippen LogP contribution >= 0.6 is 0 Å². The van der Waals surface area contributed by atoms with Crippen molar-refractivity contribution in [1.29, 1.82) is 0 Å². The molecule has 0 aliphatic carbocycles. The number of rotatable bonds is 4. The molecule has 1 aliphatic rings. The number of carbonyl (C=O) groups is 1. The molecule has 2 heteroatoms. The van der Waals surface area contributed by atoms with Gasteiger partial charge >= 0.3 is 5.97 Å². The molecule has 0 aromatic heterocycles. The summed E-state index contributed by atoms with van der Waals surface area (Å²) in [5.41, 5.74) is 0. The Bertz CT molecular complexity index is 228. The monoisotopic (exact) mass is 194 g/mol. The summed E-state index contributed by atoms with van der Waals surface area (Å²) in [5.74, 6) is 0.305. The van der Waals surface area contributed by atoms with Gasteiger partial charge in [-0.15, -0.1) is 0 Å². The quantitative estimate of drug-likeness (QED) is 0.508. The van der Waals surface area contributed by atoms with E-state index in [4.69, 9.17) is 4.74 Å². The molecule has 14 heavy (non-hydrogen) atoms.